The van der Waals surface area contributed by atoms with Gasteiger partial charge in [0.15, 0.2) is 0 Å². The van der Waals surface area contributed by atoms with E-state index in [1.165, 1.54) is 18.2 Å². The molecule has 1 atom stereocenters. The molecule has 0 radical (unpaired) electrons. The van der Waals surface area contributed by atoms with E-state index in [1.54, 1.807) is 11.0 Å². The summed E-state index contributed by atoms with van der Waals surface area (Å²) in [7, 11) is -4.22. The Bertz CT molecular complexity index is 1180. The molecule has 37 heavy (non-hydrogen) atoms. The number of halogens is 2. The van der Waals surface area contributed by atoms with Crippen LogP contribution in [-0.4, -0.2) is 51.6 Å². The lowest BCUT2D eigenvalue weighted by atomic mass is 10.1. The molecule has 10 heteroatoms. The van der Waals surface area contributed by atoms with E-state index < -0.39 is 10.1 Å². The third-order valence-corrected chi connectivity index (χ3v) is 8.27. The first-order valence-electron chi connectivity index (χ1n) is 12.7. The Balaban J connectivity index is 1.99. The number of hydrogen-bond acceptors (Lipinski definition) is 6. The summed E-state index contributed by atoms with van der Waals surface area (Å²) in [4.78, 5) is 16.9. The van der Waals surface area contributed by atoms with E-state index in [2.05, 4.69) is 4.90 Å². The molecule has 1 amide bonds. The lowest BCUT2D eigenvalue weighted by Crippen LogP contribution is -2.37. The molecular weight excluding hydrogens is 535 g/mol. The minimum absolute atomic E-state index is 0.00314. The number of carbonyl (C=O) groups is 1. The van der Waals surface area contributed by atoms with E-state index in [0.29, 0.717) is 25.1 Å². The first-order valence-corrected chi connectivity index (χ1v) is 14.9. The van der Waals surface area contributed by atoms with Crippen LogP contribution < -0.4 is 9.08 Å². The third kappa shape index (κ3) is 7.99. The summed E-state index contributed by atoms with van der Waals surface area (Å²) in [6.07, 6.45) is 2.21. The Morgan fingerprint density at radius 2 is 1.84 bits per heavy atom. The minimum Gasteiger partial charge on any atom is -0.379 e. The Morgan fingerprint density at radius 3 is 2.43 bits per heavy atom. The van der Waals surface area contributed by atoms with Gasteiger partial charge in [-0.05, 0) is 56.9 Å². The molecule has 1 unspecified atom stereocenters. The molecule has 1 aliphatic rings. The van der Waals surface area contributed by atoms with E-state index in [-0.39, 0.29) is 45.2 Å². The highest BCUT2D eigenvalue weighted by atomic mass is 35.5. The average molecular weight is 572 g/mol. The van der Waals surface area contributed by atoms with Gasteiger partial charge in [-0.1, -0.05) is 43.1 Å². The molecule has 2 aromatic rings. The number of amides is 1. The highest BCUT2D eigenvalue weighted by molar-refractivity contribution is 7.87. The van der Waals surface area contributed by atoms with Gasteiger partial charge in [0, 0.05) is 56.5 Å². The Hall–Kier alpha value is -2.00. The number of benzene rings is 2. The van der Waals surface area contributed by atoms with Crippen molar-refractivity contribution in [3.8, 4) is 5.75 Å². The summed E-state index contributed by atoms with van der Waals surface area (Å²) in [5.74, 6) is 0.358. The second-order valence-electron chi connectivity index (χ2n) is 9.58. The molecule has 1 fully saturated rings. The normalized spacial score (nSPS) is 15.7. The molecule has 0 spiro atoms. The van der Waals surface area contributed by atoms with Crippen molar-refractivity contribution in [3.63, 3.8) is 0 Å². The molecule has 0 N–H and O–H groups in total. The van der Waals surface area contributed by atoms with E-state index in [9.17, 15) is 13.2 Å². The first kappa shape index (κ1) is 29.6. The van der Waals surface area contributed by atoms with Crippen LogP contribution in [0.15, 0.2) is 41.3 Å². The number of ether oxygens (including phenoxy) is 1. The minimum atomic E-state index is -4.22. The van der Waals surface area contributed by atoms with Gasteiger partial charge < -0.3 is 18.7 Å². The van der Waals surface area contributed by atoms with Crippen LogP contribution in [0.1, 0.15) is 52.5 Å². The van der Waals surface area contributed by atoms with E-state index >= 15 is 0 Å². The average Bonchev–Trinajstić information content (AvgIpc) is 3.35. The molecule has 2 aromatic carbocycles. The highest BCUT2D eigenvalue weighted by Gasteiger charge is 2.26. The van der Waals surface area contributed by atoms with Gasteiger partial charge in [-0.15, -0.1) is 0 Å². The first-order chi connectivity index (χ1) is 17.5. The van der Waals surface area contributed by atoms with Crippen LogP contribution in [0.4, 0.5) is 5.69 Å². The number of carbonyl (C=O) groups excluding carboxylic acids is 1. The predicted octanol–water partition coefficient (Wildman–Crippen LogP) is 6.16. The number of nitrogens with zero attached hydrogens (tertiary/aromatic N) is 2. The maximum absolute atomic E-state index is 13.2. The Morgan fingerprint density at radius 1 is 1.11 bits per heavy atom. The van der Waals surface area contributed by atoms with Crippen molar-refractivity contribution in [2.24, 2.45) is 5.92 Å². The highest BCUT2D eigenvalue weighted by Crippen LogP contribution is 2.32. The zero-order valence-corrected chi connectivity index (χ0v) is 24.2. The zero-order valence-electron chi connectivity index (χ0n) is 21.9. The van der Waals surface area contributed by atoms with Gasteiger partial charge in [0.25, 0.3) is 0 Å². The standard InChI is InChI=1S/C27H36Cl2N2O5S/c1-5-30(6-2)21-10-9-20(17-31(27(32)14-19(3)4)18-22-8-7-13-35-22)26(15-21)36-37(33,34)23-11-12-24(28)25(29)16-23/h9-12,15-16,19,22H,5-8,13-14,17-18H2,1-4H3. The second-order valence-corrected chi connectivity index (χ2v) is 11.9. The lowest BCUT2D eigenvalue weighted by molar-refractivity contribution is -0.134. The Labute approximate surface area is 230 Å². The quantitative estimate of drug-likeness (QED) is 0.284. The van der Waals surface area contributed by atoms with Crippen LogP contribution in [-0.2, 0) is 26.2 Å². The van der Waals surface area contributed by atoms with Crippen molar-refractivity contribution in [1.29, 1.82) is 0 Å². The van der Waals surface area contributed by atoms with Gasteiger partial charge >= 0.3 is 10.1 Å². The summed E-state index contributed by atoms with van der Waals surface area (Å²) < 4.78 is 38.0. The van der Waals surface area contributed by atoms with Crippen molar-refractivity contribution in [3.05, 3.63) is 52.0 Å². The molecule has 1 saturated heterocycles. The van der Waals surface area contributed by atoms with Gasteiger partial charge in [-0.3, -0.25) is 4.79 Å². The van der Waals surface area contributed by atoms with Crippen LogP contribution in [0, 0.1) is 5.92 Å². The lowest BCUT2D eigenvalue weighted by Gasteiger charge is -2.28. The maximum Gasteiger partial charge on any atom is 0.339 e. The van der Waals surface area contributed by atoms with Crippen molar-refractivity contribution in [2.75, 3.05) is 31.1 Å². The van der Waals surface area contributed by atoms with Crippen LogP contribution >= 0.6 is 23.2 Å². The SMILES string of the molecule is CCN(CC)c1ccc(CN(CC2CCCO2)C(=O)CC(C)C)c(OS(=O)(=O)c2ccc(Cl)c(Cl)c2)c1. The molecule has 0 bridgehead atoms. The molecule has 0 aromatic heterocycles. The van der Waals surface area contributed by atoms with E-state index in [0.717, 1.165) is 31.6 Å². The molecule has 204 valence electrons. The van der Waals surface area contributed by atoms with Gasteiger partial charge in [-0.25, -0.2) is 0 Å². The van der Waals surface area contributed by atoms with Gasteiger partial charge in [0.05, 0.1) is 16.1 Å². The smallest absolute Gasteiger partial charge is 0.339 e. The largest absolute Gasteiger partial charge is 0.379 e. The number of anilines is 1. The monoisotopic (exact) mass is 570 g/mol. The second kappa shape index (κ2) is 13.2. The summed E-state index contributed by atoms with van der Waals surface area (Å²) in [6.45, 7) is 10.9. The fraction of sp³-hybridized carbons (Fsp3) is 0.519. The van der Waals surface area contributed by atoms with E-state index in [4.69, 9.17) is 32.1 Å². The summed E-state index contributed by atoms with van der Waals surface area (Å²) >= 11 is 12.0. The van der Waals surface area contributed by atoms with E-state index in [1.807, 2.05) is 39.8 Å². The molecule has 1 aliphatic heterocycles. The van der Waals surface area contributed by atoms with Crippen molar-refractivity contribution in [1.82, 2.24) is 4.90 Å². The van der Waals surface area contributed by atoms with Crippen LogP contribution in [0.3, 0.4) is 0 Å². The molecule has 0 aliphatic carbocycles. The molecule has 3 rings (SSSR count). The fourth-order valence-electron chi connectivity index (χ4n) is 4.31. The topological polar surface area (TPSA) is 76.2 Å². The van der Waals surface area contributed by atoms with Gasteiger partial charge in [0.1, 0.15) is 10.6 Å². The summed E-state index contributed by atoms with van der Waals surface area (Å²) in [6, 6.07) is 9.52. The van der Waals surface area contributed by atoms with Crippen LogP contribution in [0.25, 0.3) is 0 Å². The molecule has 1 heterocycles. The number of rotatable bonds is 12. The maximum atomic E-state index is 13.2. The summed E-state index contributed by atoms with van der Waals surface area (Å²) in [5, 5.41) is 0.365. The fourth-order valence-corrected chi connectivity index (χ4v) is 5.66. The van der Waals surface area contributed by atoms with Crippen molar-refractivity contribution < 1.29 is 22.1 Å². The van der Waals surface area contributed by atoms with Gasteiger partial charge in [0.2, 0.25) is 5.91 Å². The summed E-state index contributed by atoms with van der Waals surface area (Å²) in [5.41, 5.74) is 1.42. The van der Waals surface area contributed by atoms with Gasteiger partial charge in [-0.2, -0.15) is 8.42 Å². The third-order valence-electron chi connectivity index (χ3n) is 6.30. The molecular formula is C27H36Cl2N2O5S. The predicted molar refractivity (Wildman–Crippen MR) is 148 cm³/mol. The van der Waals surface area contributed by atoms with Crippen LogP contribution in [0.2, 0.25) is 10.0 Å². The Kier molecular flexibility index (Phi) is 10.5. The van der Waals surface area contributed by atoms with Crippen molar-refractivity contribution >= 4 is 44.9 Å². The van der Waals surface area contributed by atoms with Crippen molar-refractivity contribution in [2.45, 2.75) is 64.5 Å². The number of hydrogen-bond donors (Lipinski definition) is 0. The molecule has 0 saturated carbocycles. The molecule has 7 nitrogen and oxygen atoms in total. The zero-order chi connectivity index (χ0) is 27.2. The van der Waals surface area contributed by atoms with Crippen LogP contribution in [0.5, 0.6) is 5.75 Å².